The molecule has 0 amide bonds. The second-order valence-corrected chi connectivity index (χ2v) is 14.9. The molecule has 2 nitrogen and oxygen atoms in total. The molecule has 228 valence electrons. The summed E-state index contributed by atoms with van der Waals surface area (Å²) in [5.74, 6) is 0. The minimum Gasteiger partial charge on any atom is -0.359 e. The third-order valence-corrected chi connectivity index (χ3v) is 10.1. The Kier molecular flexibility index (Phi) is 9.80. The summed E-state index contributed by atoms with van der Waals surface area (Å²) in [6.45, 7) is 22.7. The lowest BCUT2D eigenvalue weighted by atomic mass is 9.66. The molecule has 0 bridgehead atoms. The molecular formula is C40H56O2. The molecule has 4 rings (SSSR count). The van der Waals surface area contributed by atoms with Gasteiger partial charge in [0.2, 0.25) is 0 Å². The molecule has 2 heterocycles. The largest absolute Gasteiger partial charge is 0.359 e. The van der Waals surface area contributed by atoms with Gasteiger partial charge in [-0.2, -0.15) is 0 Å². The maximum Gasteiger partial charge on any atom is 0.0982 e. The standard InChI is InChI=1S/C40H56O2/c1-29(19-13-21-31(3)33-27-35-37(5,6)23-15-25-39(35,9)41-33)17-11-12-18-30(2)20-14-22-32(4)34-28-36-38(7,8)24-16-26-40(36,10)42-34/h11-14,17-22,27-28,33-34H,15-16,23-26H2,1-10H3/b12-11+,19-13+,20-14+,29-17+,30-18+,31-21+,32-22+/t33-,34-,39-,40+/m1/s1. The van der Waals surface area contributed by atoms with Crippen LogP contribution in [-0.2, 0) is 9.47 Å². The Bertz CT molecular complexity index is 1200. The Labute approximate surface area is 257 Å². The van der Waals surface area contributed by atoms with E-state index in [1.807, 2.05) is 0 Å². The Morgan fingerprint density at radius 1 is 0.571 bits per heavy atom. The monoisotopic (exact) mass is 568 g/mol. The van der Waals surface area contributed by atoms with Crippen molar-refractivity contribution < 1.29 is 9.47 Å². The van der Waals surface area contributed by atoms with Crippen molar-refractivity contribution in [1.82, 2.24) is 0 Å². The van der Waals surface area contributed by atoms with Gasteiger partial charge in [0, 0.05) is 0 Å². The summed E-state index contributed by atoms with van der Waals surface area (Å²) >= 11 is 0. The van der Waals surface area contributed by atoms with Crippen molar-refractivity contribution in [3.63, 3.8) is 0 Å². The van der Waals surface area contributed by atoms with Gasteiger partial charge in [-0.1, -0.05) is 99.6 Å². The van der Waals surface area contributed by atoms with E-state index in [1.165, 1.54) is 59.1 Å². The lowest BCUT2D eigenvalue weighted by molar-refractivity contribution is -0.0311. The third-order valence-electron chi connectivity index (χ3n) is 10.1. The van der Waals surface area contributed by atoms with Gasteiger partial charge in [0.15, 0.2) is 0 Å². The lowest BCUT2D eigenvalue weighted by Crippen LogP contribution is -2.39. The number of hydrogen-bond acceptors (Lipinski definition) is 2. The summed E-state index contributed by atoms with van der Waals surface area (Å²) in [7, 11) is 0. The predicted octanol–water partition coefficient (Wildman–Crippen LogP) is 11.0. The SMILES string of the molecule is CC(/C=C/C=C(\C)[C@H]1C=C2C(C)(C)CCC[C@@]2(C)O1)=C\C=C\C=C(C)\C=C\C=C(/C)[C@H]1C=C2C(C)(C)CCC[C@]2(C)O1. The van der Waals surface area contributed by atoms with Gasteiger partial charge in [-0.05, 0) is 125 Å². The van der Waals surface area contributed by atoms with Crippen LogP contribution in [-0.4, -0.2) is 23.4 Å². The Morgan fingerprint density at radius 2 is 0.952 bits per heavy atom. The van der Waals surface area contributed by atoms with Crippen LogP contribution in [0.5, 0.6) is 0 Å². The first-order chi connectivity index (χ1) is 19.7. The van der Waals surface area contributed by atoms with Gasteiger partial charge >= 0.3 is 0 Å². The normalized spacial score (nSPS) is 33.9. The van der Waals surface area contributed by atoms with Gasteiger partial charge in [-0.15, -0.1) is 0 Å². The van der Waals surface area contributed by atoms with Crippen molar-refractivity contribution in [2.75, 3.05) is 0 Å². The fourth-order valence-corrected chi connectivity index (χ4v) is 7.55. The van der Waals surface area contributed by atoms with Crippen LogP contribution < -0.4 is 0 Å². The van der Waals surface area contributed by atoms with Crippen molar-refractivity contribution in [3.05, 3.63) is 106 Å². The van der Waals surface area contributed by atoms with Crippen LogP contribution >= 0.6 is 0 Å². The molecule has 2 aliphatic carbocycles. The number of allylic oxidation sites excluding steroid dienone is 12. The topological polar surface area (TPSA) is 18.5 Å². The maximum atomic E-state index is 6.56. The van der Waals surface area contributed by atoms with E-state index >= 15 is 0 Å². The molecule has 0 radical (unpaired) electrons. The van der Waals surface area contributed by atoms with E-state index < -0.39 is 0 Å². The van der Waals surface area contributed by atoms with E-state index in [0.29, 0.717) is 0 Å². The Morgan fingerprint density at radius 3 is 1.31 bits per heavy atom. The fourth-order valence-electron chi connectivity index (χ4n) is 7.55. The first-order valence-electron chi connectivity index (χ1n) is 16.2. The van der Waals surface area contributed by atoms with Crippen molar-refractivity contribution in [2.45, 2.75) is 131 Å². The van der Waals surface area contributed by atoms with Crippen LogP contribution in [0.4, 0.5) is 0 Å². The molecule has 0 spiro atoms. The van der Waals surface area contributed by atoms with Crippen LogP contribution in [0.15, 0.2) is 106 Å². The molecule has 2 aliphatic heterocycles. The van der Waals surface area contributed by atoms with E-state index in [0.717, 1.165) is 12.8 Å². The number of ether oxygens (including phenoxy) is 2. The second kappa shape index (κ2) is 12.7. The van der Waals surface area contributed by atoms with Crippen LogP contribution in [0, 0.1) is 10.8 Å². The van der Waals surface area contributed by atoms with Crippen molar-refractivity contribution in [2.24, 2.45) is 10.8 Å². The third kappa shape index (κ3) is 7.37. The molecule has 0 unspecified atom stereocenters. The summed E-state index contributed by atoms with van der Waals surface area (Å²) in [4.78, 5) is 0. The summed E-state index contributed by atoms with van der Waals surface area (Å²) in [6, 6.07) is 0. The van der Waals surface area contributed by atoms with Gasteiger partial charge < -0.3 is 9.47 Å². The Hall–Kier alpha value is -2.42. The molecule has 4 atom stereocenters. The summed E-state index contributed by atoms with van der Waals surface area (Å²) in [5, 5.41) is 0. The molecule has 4 aliphatic rings. The summed E-state index contributed by atoms with van der Waals surface area (Å²) in [6.07, 6.45) is 33.7. The van der Waals surface area contributed by atoms with Gasteiger partial charge in [0.25, 0.3) is 0 Å². The quantitative estimate of drug-likeness (QED) is 0.214. The minimum atomic E-state index is -0.0987. The van der Waals surface area contributed by atoms with E-state index in [-0.39, 0.29) is 34.2 Å². The number of rotatable bonds is 8. The predicted molar refractivity (Wildman–Crippen MR) is 180 cm³/mol. The summed E-state index contributed by atoms with van der Waals surface area (Å²) < 4.78 is 13.1. The fraction of sp³-hybridized carbons (Fsp3) is 0.550. The highest BCUT2D eigenvalue weighted by molar-refractivity contribution is 5.38. The van der Waals surface area contributed by atoms with Gasteiger partial charge in [-0.3, -0.25) is 0 Å². The van der Waals surface area contributed by atoms with Crippen molar-refractivity contribution in [1.29, 1.82) is 0 Å². The van der Waals surface area contributed by atoms with Crippen LogP contribution in [0.1, 0.15) is 108 Å². The van der Waals surface area contributed by atoms with Crippen molar-refractivity contribution >= 4 is 0 Å². The van der Waals surface area contributed by atoms with Gasteiger partial charge in [0.05, 0.1) is 23.4 Å². The van der Waals surface area contributed by atoms with E-state index in [4.69, 9.17) is 9.47 Å². The highest BCUT2D eigenvalue weighted by atomic mass is 16.5. The number of fused-ring (bicyclic) bond motifs is 2. The summed E-state index contributed by atoms with van der Waals surface area (Å²) in [5.41, 5.74) is 8.20. The second-order valence-electron chi connectivity index (χ2n) is 14.9. The first kappa shape index (κ1) is 32.5. The highest BCUT2D eigenvalue weighted by Crippen LogP contribution is 2.53. The lowest BCUT2D eigenvalue weighted by Gasteiger charge is -2.42. The molecule has 0 N–H and O–H groups in total. The van der Waals surface area contributed by atoms with E-state index in [2.05, 4.69) is 142 Å². The molecule has 2 fully saturated rings. The molecular weight excluding hydrogens is 512 g/mol. The van der Waals surface area contributed by atoms with Gasteiger partial charge in [0.1, 0.15) is 0 Å². The zero-order chi connectivity index (χ0) is 30.8. The smallest absolute Gasteiger partial charge is 0.0982 e. The average molecular weight is 569 g/mol. The first-order valence-corrected chi connectivity index (χ1v) is 16.2. The van der Waals surface area contributed by atoms with Crippen molar-refractivity contribution in [3.8, 4) is 0 Å². The van der Waals surface area contributed by atoms with E-state index in [1.54, 1.807) is 0 Å². The molecule has 2 heteroatoms. The maximum absolute atomic E-state index is 6.56. The number of hydrogen-bond donors (Lipinski definition) is 0. The van der Waals surface area contributed by atoms with Crippen LogP contribution in [0.3, 0.4) is 0 Å². The van der Waals surface area contributed by atoms with E-state index in [9.17, 15) is 0 Å². The van der Waals surface area contributed by atoms with Crippen LogP contribution in [0.2, 0.25) is 0 Å². The minimum absolute atomic E-state index is 0.0818. The molecule has 0 saturated heterocycles. The molecule has 0 aromatic heterocycles. The average Bonchev–Trinajstić information content (AvgIpc) is 3.46. The highest BCUT2D eigenvalue weighted by Gasteiger charge is 2.48. The van der Waals surface area contributed by atoms with Gasteiger partial charge in [-0.25, -0.2) is 0 Å². The molecule has 2 saturated carbocycles. The van der Waals surface area contributed by atoms with Crippen LogP contribution in [0.25, 0.3) is 0 Å². The Balaban J connectivity index is 1.28. The molecule has 42 heavy (non-hydrogen) atoms. The molecule has 0 aromatic rings. The molecule has 0 aromatic carbocycles. The zero-order valence-electron chi connectivity index (χ0n) is 28.1. The zero-order valence-corrected chi connectivity index (χ0v) is 28.1.